The summed E-state index contributed by atoms with van der Waals surface area (Å²) in [6.07, 6.45) is 1.33. The number of para-hydroxylation sites is 1. The number of phenols is 1. The second-order valence-electron chi connectivity index (χ2n) is 4.85. The number of benzene rings is 2. The van der Waals surface area contributed by atoms with Crippen LogP contribution in [0.2, 0.25) is 0 Å². The molecule has 0 unspecified atom stereocenters. The van der Waals surface area contributed by atoms with Gasteiger partial charge in [0.05, 0.1) is 12.8 Å². The largest absolute Gasteiger partial charge is 0.507 e. The molecule has 0 bridgehead atoms. The van der Waals surface area contributed by atoms with Crippen molar-refractivity contribution in [2.75, 3.05) is 6.54 Å². The molecule has 2 aromatic rings. The number of nitrogens with one attached hydrogen (secondary N) is 2. The molecule has 2 aromatic carbocycles. The van der Waals surface area contributed by atoms with Gasteiger partial charge in [0.2, 0.25) is 0 Å². The van der Waals surface area contributed by atoms with Crippen molar-refractivity contribution in [3.05, 3.63) is 65.2 Å². The molecule has 0 fully saturated rings. The third-order valence-electron chi connectivity index (χ3n) is 3.13. The van der Waals surface area contributed by atoms with E-state index in [9.17, 15) is 14.7 Å². The smallest absolute Gasteiger partial charge is 0.259 e. The first-order valence-corrected chi connectivity index (χ1v) is 7.01. The van der Waals surface area contributed by atoms with Gasteiger partial charge in [0.25, 0.3) is 11.8 Å². The molecule has 2 amide bonds. The first kappa shape index (κ1) is 16.2. The Hall–Kier alpha value is -3.15. The van der Waals surface area contributed by atoms with E-state index in [-0.39, 0.29) is 18.2 Å². The lowest BCUT2D eigenvalue weighted by Gasteiger charge is -2.06. The first-order chi connectivity index (χ1) is 11.1. The number of hydrogen-bond acceptors (Lipinski definition) is 4. The maximum Gasteiger partial charge on any atom is 0.259 e. The van der Waals surface area contributed by atoms with Gasteiger partial charge in [-0.3, -0.25) is 9.59 Å². The highest BCUT2D eigenvalue weighted by molar-refractivity contribution is 5.97. The zero-order valence-corrected chi connectivity index (χ0v) is 12.6. The molecule has 0 heterocycles. The van der Waals surface area contributed by atoms with Crippen molar-refractivity contribution in [3.8, 4) is 5.75 Å². The van der Waals surface area contributed by atoms with E-state index < -0.39 is 5.91 Å². The van der Waals surface area contributed by atoms with Crippen LogP contribution in [0, 0.1) is 6.92 Å². The number of phenolic OH excluding ortho intramolecular Hbond substituents is 1. The number of aromatic hydroxyl groups is 1. The topological polar surface area (TPSA) is 90.8 Å². The van der Waals surface area contributed by atoms with Gasteiger partial charge in [-0.05, 0) is 30.7 Å². The van der Waals surface area contributed by atoms with Crippen LogP contribution in [0.5, 0.6) is 5.75 Å². The van der Waals surface area contributed by atoms with Crippen LogP contribution in [0.1, 0.15) is 21.5 Å². The highest BCUT2D eigenvalue weighted by atomic mass is 16.3. The number of hydrazone groups is 1. The molecule has 6 nitrogen and oxygen atoms in total. The zero-order chi connectivity index (χ0) is 16.7. The summed E-state index contributed by atoms with van der Waals surface area (Å²) in [5, 5.41) is 15.8. The lowest BCUT2D eigenvalue weighted by Crippen LogP contribution is -2.35. The van der Waals surface area contributed by atoms with Gasteiger partial charge in [-0.1, -0.05) is 30.3 Å². The molecule has 0 aliphatic rings. The number of aryl methyl sites for hydroxylation is 1. The highest BCUT2D eigenvalue weighted by Gasteiger charge is 2.09. The van der Waals surface area contributed by atoms with Gasteiger partial charge in [0, 0.05) is 11.1 Å². The normalized spacial score (nSPS) is 10.5. The Bertz CT molecular complexity index is 741. The quantitative estimate of drug-likeness (QED) is 0.578. The predicted octanol–water partition coefficient (Wildman–Crippen LogP) is 1.58. The fourth-order valence-electron chi connectivity index (χ4n) is 1.89. The Morgan fingerprint density at radius 3 is 2.57 bits per heavy atom. The standard InChI is InChI=1S/C17H17N3O3/c1-12-6-2-4-8-14(12)17(23)18-11-16(22)20-19-10-13-7-3-5-9-15(13)21/h2-10,21H,11H2,1H3,(H,18,23)(H,20,22)/b19-10+. The number of carbonyl (C=O) groups excluding carboxylic acids is 2. The molecule has 0 aromatic heterocycles. The number of nitrogens with zero attached hydrogens (tertiary/aromatic N) is 1. The van der Waals surface area contributed by atoms with E-state index in [1.165, 1.54) is 12.3 Å². The van der Waals surface area contributed by atoms with Crippen LogP contribution < -0.4 is 10.7 Å². The van der Waals surface area contributed by atoms with Crippen molar-refractivity contribution in [2.24, 2.45) is 5.10 Å². The molecule has 0 radical (unpaired) electrons. The minimum atomic E-state index is -0.460. The number of hydrogen-bond donors (Lipinski definition) is 3. The van der Waals surface area contributed by atoms with E-state index in [4.69, 9.17) is 0 Å². The lowest BCUT2D eigenvalue weighted by atomic mass is 10.1. The molecular weight excluding hydrogens is 294 g/mol. The average Bonchev–Trinajstić information content (AvgIpc) is 2.55. The van der Waals surface area contributed by atoms with E-state index in [2.05, 4.69) is 15.8 Å². The molecule has 0 spiro atoms. The minimum absolute atomic E-state index is 0.0679. The summed E-state index contributed by atoms with van der Waals surface area (Å²) >= 11 is 0. The van der Waals surface area contributed by atoms with Crippen molar-refractivity contribution in [3.63, 3.8) is 0 Å². The fourth-order valence-corrected chi connectivity index (χ4v) is 1.89. The Kier molecular flexibility index (Phi) is 5.46. The maximum absolute atomic E-state index is 11.9. The summed E-state index contributed by atoms with van der Waals surface area (Å²) in [4.78, 5) is 23.6. The highest BCUT2D eigenvalue weighted by Crippen LogP contribution is 2.12. The van der Waals surface area contributed by atoms with Crippen LogP contribution in [0.4, 0.5) is 0 Å². The van der Waals surface area contributed by atoms with Crippen LogP contribution in [0.25, 0.3) is 0 Å². The van der Waals surface area contributed by atoms with Crippen molar-refractivity contribution in [1.29, 1.82) is 0 Å². The van der Waals surface area contributed by atoms with Crippen LogP contribution in [0.3, 0.4) is 0 Å². The molecule has 0 aliphatic heterocycles. The van der Waals surface area contributed by atoms with E-state index in [0.29, 0.717) is 11.1 Å². The van der Waals surface area contributed by atoms with E-state index >= 15 is 0 Å². The molecule has 0 atom stereocenters. The van der Waals surface area contributed by atoms with E-state index in [1.807, 2.05) is 19.1 Å². The molecule has 6 heteroatoms. The van der Waals surface area contributed by atoms with Gasteiger partial charge in [0.15, 0.2) is 0 Å². The van der Waals surface area contributed by atoms with Gasteiger partial charge < -0.3 is 10.4 Å². The molecule has 3 N–H and O–H groups in total. The molecule has 0 saturated heterocycles. The minimum Gasteiger partial charge on any atom is -0.507 e. The van der Waals surface area contributed by atoms with Crippen LogP contribution in [0.15, 0.2) is 53.6 Å². The van der Waals surface area contributed by atoms with Gasteiger partial charge >= 0.3 is 0 Å². The summed E-state index contributed by atoms with van der Waals surface area (Å²) < 4.78 is 0. The Balaban J connectivity index is 1.83. The number of carbonyl (C=O) groups is 2. The maximum atomic E-state index is 11.9. The second-order valence-corrected chi connectivity index (χ2v) is 4.85. The predicted molar refractivity (Wildman–Crippen MR) is 87.4 cm³/mol. The molecule has 23 heavy (non-hydrogen) atoms. The molecular formula is C17H17N3O3. The monoisotopic (exact) mass is 311 g/mol. The summed E-state index contributed by atoms with van der Waals surface area (Å²) in [5.41, 5.74) is 4.13. The van der Waals surface area contributed by atoms with Crippen molar-refractivity contribution < 1.29 is 14.7 Å². The third kappa shape index (κ3) is 4.67. The molecule has 118 valence electrons. The first-order valence-electron chi connectivity index (χ1n) is 7.01. The Labute approximate surface area is 133 Å². The lowest BCUT2D eigenvalue weighted by molar-refractivity contribution is -0.120. The molecule has 2 rings (SSSR count). The molecule has 0 saturated carbocycles. The Morgan fingerprint density at radius 1 is 1.13 bits per heavy atom. The summed E-state index contributed by atoms with van der Waals surface area (Å²) in [6.45, 7) is 1.64. The van der Waals surface area contributed by atoms with E-state index in [1.54, 1.807) is 30.3 Å². The van der Waals surface area contributed by atoms with Crippen molar-refractivity contribution >= 4 is 18.0 Å². The van der Waals surface area contributed by atoms with E-state index in [0.717, 1.165) is 5.56 Å². The SMILES string of the molecule is Cc1ccccc1C(=O)NCC(=O)N/N=C/c1ccccc1O. The van der Waals surface area contributed by atoms with Crippen LogP contribution in [-0.4, -0.2) is 29.7 Å². The van der Waals surface area contributed by atoms with Crippen LogP contribution >= 0.6 is 0 Å². The summed E-state index contributed by atoms with van der Waals surface area (Å²) in [7, 11) is 0. The Morgan fingerprint density at radius 2 is 1.83 bits per heavy atom. The van der Waals surface area contributed by atoms with Gasteiger partial charge in [-0.15, -0.1) is 0 Å². The second kappa shape index (κ2) is 7.74. The number of amides is 2. The fraction of sp³-hybridized carbons (Fsp3) is 0.118. The molecule has 0 aliphatic carbocycles. The zero-order valence-electron chi connectivity index (χ0n) is 12.6. The van der Waals surface area contributed by atoms with Crippen molar-refractivity contribution in [1.82, 2.24) is 10.7 Å². The van der Waals surface area contributed by atoms with Gasteiger partial charge in [-0.25, -0.2) is 5.43 Å². The summed E-state index contributed by atoms with van der Waals surface area (Å²) in [6, 6.07) is 13.7. The van der Waals surface area contributed by atoms with Crippen LogP contribution in [-0.2, 0) is 4.79 Å². The number of rotatable bonds is 5. The van der Waals surface area contributed by atoms with Gasteiger partial charge in [0.1, 0.15) is 5.75 Å². The van der Waals surface area contributed by atoms with Crippen molar-refractivity contribution in [2.45, 2.75) is 6.92 Å². The van der Waals surface area contributed by atoms with Gasteiger partial charge in [-0.2, -0.15) is 5.10 Å². The average molecular weight is 311 g/mol. The third-order valence-corrected chi connectivity index (χ3v) is 3.13. The summed E-state index contributed by atoms with van der Waals surface area (Å²) in [5.74, 6) is -0.708.